The van der Waals surface area contributed by atoms with E-state index in [0.717, 1.165) is 42.9 Å². The zero-order valence-electron chi connectivity index (χ0n) is 14.8. The highest BCUT2D eigenvalue weighted by Crippen LogP contribution is 2.35. The maximum absolute atomic E-state index is 12.2. The van der Waals surface area contributed by atoms with Crippen molar-refractivity contribution in [2.24, 2.45) is 0 Å². The standard InChI is InChI=1S/C20H21Cl2N3OS/c21-15-9-7-14(8-10-15)13-18(26)24-20(27)23-17-6-4-5-16(22)19(17)25-11-2-1-3-12-25/h4-10H,1-3,11-13H2,(H2,23,24,26,27). The van der Waals surface area contributed by atoms with Crippen molar-refractivity contribution in [2.45, 2.75) is 25.7 Å². The third-order valence-corrected chi connectivity index (χ3v) is 5.20. The molecule has 2 aromatic rings. The number of nitrogens with one attached hydrogen (secondary N) is 2. The molecule has 1 amide bonds. The molecule has 0 spiro atoms. The van der Waals surface area contributed by atoms with Crippen molar-refractivity contribution in [2.75, 3.05) is 23.3 Å². The third kappa shape index (κ3) is 5.58. The molecule has 1 aliphatic rings. The molecule has 4 nitrogen and oxygen atoms in total. The van der Waals surface area contributed by atoms with Crippen LogP contribution in [0.1, 0.15) is 24.8 Å². The number of anilines is 2. The quantitative estimate of drug-likeness (QED) is 0.678. The molecule has 3 rings (SSSR count). The van der Waals surface area contributed by atoms with Crippen molar-refractivity contribution in [1.82, 2.24) is 5.32 Å². The molecular formula is C20H21Cl2N3OS. The van der Waals surface area contributed by atoms with Crippen molar-refractivity contribution in [3.63, 3.8) is 0 Å². The van der Waals surface area contributed by atoms with Crippen LogP contribution < -0.4 is 15.5 Å². The lowest BCUT2D eigenvalue weighted by molar-refractivity contribution is -0.119. The fraction of sp³-hybridized carbons (Fsp3) is 0.300. The first-order valence-electron chi connectivity index (χ1n) is 8.91. The summed E-state index contributed by atoms with van der Waals surface area (Å²) < 4.78 is 0. The summed E-state index contributed by atoms with van der Waals surface area (Å²) in [4.78, 5) is 14.5. The van der Waals surface area contributed by atoms with E-state index >= 15 is 0 Å². The minimum absolute atomic E-state index is 0.184. The second-order valence-corrected chi connectivity index (χ2v) is 7.74. The van der Waals surface area contributed by atoms with Gasteiger partial charge in [0.05, 0.1) is 22.8 Å². The van der Waals surface area contributed by atoms with Gasteiger partial charge in [0.15, 0.2) is 5.11 Å². The van der Waals surface area contributed by atoms with Crippen molar-refractivity contribution in [3.8, 4) is 0 Å². The highest BCUT2D eigenvalue weighted by atomic mass is 35.5. The van der Waals surface area contributed by atoms with Gasteiger partial charge in [-0.2, -0.15) is 0 Å². The summed E-state index contributed by atoms with van der Waals surface area (Å²) >= 11 is 17.6. The van der Waals surface area contributed by atoms with Gasteiger partial charge in [-0.25, -0.2) is 0 Å². The highest BCUT2D eigenvalue weighted by molar-refractivity contribution is 7.80. The van der Waals surface area contributed by atoms with Crippen molar-refractivity contribution in [3.05, 3.63) is 58.1 Å². The van der Waals surface area contributed by atoms with Gasteiger partial charge in [0.1, 0.15) is 0 Å². The van der Waals surface area contributed by atoms with E-state index in [1.54, 1.807) is 12.1 Å². The maximum Gasteiger partial charge on any atom is 0.230 e. The molecule has 1 aliphatic heterocycles. The normalized spacial score (nSPS) is 13.9. The number of rotatable bonds is 4. The first-order chi connectivity index (χ1) is 13.0. The minimum atomic E-state index is -0.184. The molecule has 0 bridgehead atoms. The first-order valence-corrected chi connectivity index (χ1v) is 10.1. The third-order valence-electron chi connectivity index (χ3n) is 4.44. The van der Waals surface area contributed by atoms with Crippen LogP contribution in [0.5, 0.6) is 0 Å². The van der Waals surface area contributed by atoms with Crippen LogP contribution in [0.4, 0.5) is 11.4 Å². The number of para-hydroxylation sites is 1. The molecule has 1 saturated heterocycles. The molecular weight excluding hydrogens is 401 g/mol. The van der Waals surface area contributed by atoms with E-state index in [-0.39, 0.29) is 17.4 Å². The number of hydrogen-bond acceptors (Lipinski definition) is 3. The van der Waals surface area contributed by atoms with Crippen LogP contribution in [0.3, 0.4) is 0 Å². The Kier molecular flexibility index (Phi) is 6.94. The van der Waals surface area contributed by atoms with Gasteiger partial charge in [-0.3, -0.25) is 4.79 Å². The Balaban J connectivity index is 1.64. The topological polar surface area (TPSA) is 44.4 Å². The van der Waals surface area contributed by atoms with Crippen LogP contribution >= 0.6 is 35.4 Å². The molecule has 27 heavy (non-hydrogen) atoms. The number of thiocarbonyl (C=S) groups is 1. The van der Waals surface area contributed by atoms with Gasteiger partial charge in [-0.1, -0.05) is 41.4 Å². The van der Waals surface area contributed by atoms with Crippen molar-refractivity contribution >= 4 is 57.8 Å². The smallest absolute Gasteiger partial charge is 0.230 e. The summed E-state index contributed by atoms with van der Waals surface area (Å²) in [7, 11) is 0. The van der Waals surface area contributed by atoms with E-state index < -0.39 is 0 Å². The SMILES string of the molecule is O=C(Cc1ccc(Cl)cc1)NC(=S)Nc1cccc(Cl)c1N1CCCCC1. The van der Waals surface area contributed by atoms with E-state index in [1.165, 1.54) is 6.42 Å². The van der Waals surface area contributed by atoms with Crippen molar-refractivity contribution in [1.29, 1.82) is 0 Å². The predicted octanol–water partition coefficient (Wildman–Crippen LogP) is 5.04. The van der Waals surface area contributed by atoms with Gasteiger partial charge in [0.25, 0.3) is 0 Å². The van der Waals surface area contributed by atoms with Gasteiger partial charge in [-0.05, 0) is 61.3 Å². The maximum atomic E-state index is 12.2. The van der Waals surface area contributed by atoms with Gasteiger partial charge < -0.3 is 15.5 Å². The Hall–Kier alpha value is -1.82. The van der Waals surface area contributed by atoms with Crippen LogP contribution in [0.15, 0.2) is 42.5 Å². The van der Waals surface area contributed by atoms with Gasteiger partial charge in [-0.15, -0.1) is 0 Å². The number of nitrogens with zero attached hydrogens (tertiary/aromatic N) is 1. The summed E-state index contributed by atoms with van der Waals surface area (Å²) in [5.41, 5.74) is 2.62. The molecule has 7 heteroatoms. The molecule has 142 valence electrons. The molecule has 1 fully saturated rings. The molecule has 0 unspecified atom stereocenters. The summed E-state index contributed by atoms with van der Waals surface area (Å²) in [6.07, 6.45) is 3.76. The number of amides is 1. The van der Waals surface area contributed by atoms with Gasteiger partial charge >= 0.3 is 0 Å². The first kappa shape index (κ1) is 19.9. The lowest BCUT2D eigenvalue weighted by Gasteiger charge is -2.31. The zero-order chi connectivity index (χ0) is 19.2. The van der Waals surface area contributed by atoms with Crippen LogP contribution in [-0.4, -0.2) is 24.1 Å². The average Bonchev–Trinajstić information content (AvgIpc) is 2.64. The lowest BCUT2D eigenvalue weighted by atomic mass is 10.1. The number of benzene rings is 2. The molecule has 0 saturated carbocycles. The molecule has 0 atom stereocenters. The van der Waals surface area contributed by atoms with E-state index in [0.29, 0.717) is 10.0 Å². The molecule has 0 radical (unpaired) electrons. The number of hydrogen-bond donors (Lipinski definition) is 2. The molecule has 0 aliphatic carbocycles. The highest BCUT2D eigenvalue weighted by Gasteiger charge is 2.18. The summed E-state index contributed by atoms with van der Waals surface area (Å²) in [5, 5.41) is 7.43. The zero-order valence-corrected chi connectivity index (χ0v) is 17.1. The van der Waals surface area contributed by atoms with Gasteiger partial charge in [0.2, 0.25) is 5.91 Å². The number of carbonyl (C=O) groups excluding carboxylic acids is 1. The summed E-state index contributed by atoms with van der Waals surface area (Å²) in [6.45, 7) is 1.93. The number of carbonyl (C=O) groups is 1. The average molecular weight is 422 g/mol. The number of piperidine rings is 1. The van der Waals surface area contributed by atoms with Crippen LogP contribution in [-0.2, 0) is 11.2 Å². The van der Waals surface area contributed by atoms with Crippen LogP contribution in [0.2, 0.25) is 10.0 Å². The summed E-state index contributed by atoms with van der Waals surface area (Å²) in [6, 6.07) is 12.8. The summed E-state index contributed by atoms with van der Waals surface area (Å²) in [5.74, 6) is -0.184. The molecule has 1 heterocycles. The van der Waals surface area contributed by atoms with E-state index in [4.69, 9.17) is 35.4 Å². The fourth-order valence-corrected chi connectivity index (χ4v) is 3.81. The molecule has 2 aromatic carbocycles. The Morgan fingerprint density at radius 2 is 1.74 bits per heavy atom. The Morgan fingerprint density at radius 1 is 1.04 bits per heavy atom. The Labute approximate surface area is 174 Å². The van der Waals surface area contributed by atoms with Crippen molar-refractivity contribution < 1.29 is 4.79 Å². The van der Waals surface area contributed by atoms with E-state index in [9.17, 15) is 4.79 Å². The van der Waals surface area contributed by atoms with E-state index in [2.05, 4.69) is 15.5 Å². The van der Waals surface area contributed by atoms with Crippen LogP contribution in [0.25, 0.3) is 0 Å². The number of halogens is 2. The predicted molar refractivity (Wildman–Crippen MR) is 117 cm³/mol. The second-order valence-electron chi connectivity index (χ2n) is 6.49. The second kappa shape index (κ2) is 9.40. The minimum Gasteiger partial charge on any atom is -0.369 e. The monoisotopic (exact) mass is 421 g/mol. The Bertz CT molecular complexity index is 820. The molecule has 2 N–H and O–H groups in total. The van der Waals surface area contributed by atoms with Gasteiger partial charge in [0, 0.05) is 18.1 Å². The van der Waals surface area contributed by atoms with E-state index in [1.807, 2.05) is 30.3 Å². The lowest BCUT2D eigenvalue weighted by Crippen LogP contribution is -2.36. The molecule has 0 aromatic heterocycles. The fourth-order valence-electron chi connectivity index (χ4n) is 3.17. The largest absolute Gasteiger partial charge is 0.369 e. The Morgan fingerprint density at radius 3 is 2.44 bits per heavy atom. The van der Waals surface area contributed by atoms with Crippen LogP contribution in [0, 0.1) is 0 Å².